The third kappa shape index (κ3) is 10.4. The summed E-state index contributed by atoms with van der Waals surface area (Å²) in [6, 6.07) is 12.6. The number of carbonyl (C=O) groups is 2. The van der Waals surface area contributed by atoms with E-state index in [9.17, 15) is 9.59 Å². The first-order valence-corrected chi connectivity index (χ1v) is 14.3. The molecule has 39 heavy (non-hydrogen) atoms. The Morgan fingerprint density at radius 1 is 0.949 bits per heavy atom. The van der Waals surface area contributed by atoms with E-state index in [2.05, 4.69) is 13.8 Å². The maximum atomic E-state index is 12.6. The zero-order valence-corrected chi connectivity index (χ0v) is 23.4. The Labute approximate surface area is 232 Å². The van der Waals surface area contributed by atoms with Crippen LogP contribution in [0.15, 0.2) is 48.5 Å². The summed E-state index contributed by atoms with van der Waals surface area (Å²) in [6.45, 7) is 5.34. The van der Waals surface area contributed by atoms with E-state index in [0.717, 1.165) is 75.5 Å². The third-order valence-corrected chi connectivity index (χ3v) is 7.17. The lowest BCUT2D eigenvalue weighted by Gasteiger charge is -2.27. The van der Waals surface area contributed by atoms with Crippen LogP contribution in [0.3, 0.4) is 0 Å². The second-order valence-corrected chi connectivity index (χ2v) is 10.4. The number of nitrogen functional groups attached to an aromatic ring is 2. The molecule has 0 amide bonds. The summed E-state index contributed by atoms with van der Waals surface area (Å²) in [6.07, 6.45) is 11.9. The van der Waals surface area contributed by atoms with E-state index in [1.165, 1.54) is 6.08 Å². The van der Waals surface area contributed by atoms with Crippen molar-refractivity contribution in [2.24, 2.45) is 5.92 Å². The van der Waals surface area contributed by atoms with Crippen molar-refractivity contribution in [1.29, 1.82) is 0 Å². The Morgan fingerprint density at radius 3 is 2.26 bits per heavy atom. The summed E-state index contributed by atoms with van der Waals surface area (Å²) in [5, 5.41) is 0. The number of hydrogen-bond acceptors (Lipinski definition) is 7. The molecule has 0 aromatic heterocycles. The van der Waals surface area contributed by atoms with Crippen molar-refractivity contribution in [2.75, 3.05) is 24.7 Å². The van der Waals surface area contributed by atoms with E-state index < -0.39 is 5.97 Å². The molecule has 4 N–H and O–H groups in total. The molecule has 7 heteroatoms. The van der Waals surface area contributed by atoms with Gasteiger partial charge in [0.05, 0.1) is 18.6 Å². The Balaban J connectivity index is 1.45. The minimum Gasteiger partial charge on any atom is -0.462 e. The second-order valence-electron chi connectivity index (χ2n) is 10.4. The lowest BCUT2D eigenvalue weighted by atomic mass is 9.87. The van der Waals surface area contributed by atoms with Crippen LogP contribution in [0.1, 0.15) is 88.7 Å². The van der Waals surface area contributed by atoms with Crippen LogP contribution in [0.2, 0.25) is 0 Å². The van der Waals surface area contributed by atoms with Crippen LogP contribution in [-0.2, 0) is 19.1 Å². The third-order valence-electron chi connectivity index (χ3n) is 7.17. The molecule has 0 heterocycles. The standard InChI is InChI=1S/C32H44N2O5/c1-3-5-7-25(26-19-27(33)21-28(34)20-26)22-38-31(35)17-10-23-8-13-30(14-9-23)39-32(36)24-11-15-29(16-12-24)37-18-6-4-2/h8-10,13-14,17,19-21,24-25,29H,3-7,11-12,15-16,18,22,33-34H2,1-2H3/b17-10+. The van der Waals surface area contributed by atoms with Crippen molar-refractivity contribution in [1.82, 2.24) is 0 Å². The Hall–Kier alpha value is -3.32. The molecule has 0 spiro atoms. The quantitative estimate of drug-likeness (QED) is 0.0912. The van der Waals surface area contributed by atoms with Gasteiger partial charge in [0.25, 0.3) is 0 Å². The fourth-order valence-corrected chi connectivity index (χ4v) is 4.84. The van der Waals surface area contributed by atoms with E-state index in [0.29, 0.717) is 17.1 Å². The van der Waals surface area contributed by atoms with Gasteiger partial charge in [-0.2, -0.15) is 0 Å². The number of nitrogens with two attached hydrogens (primary N) is 2. The first-order chi connectivity index (χ1) is 18.9. The molecule has 7 nitrogen and oxygen atoms in total. The Bertz CT molecular complexity index is 1050. The highest BCUT2D eigenvalue weighted by molar-refractivity contribution is 5.87. The molecule has 3 rings (SSSR count). The Kier molecular flexibility index (Phi) is 12.4. The summed E-state index contributed by atoms with van der Waals surface area (Å²) in [7, 11) is 0. The van der Waals surface area contributed by atoms with Gasteiger partial charge in [-0.3, -0.25) is 4.79 Å². The first kappa shape index (κ1) is 30.2. The molecular weight excluding hydrogens is 492 g/mol. The molecule has 1 unspecified atom stereocenters. The minimum atomic E-state index is -0.418. The molecule has 1 fully saturated rings. The number of anilines is 2. The van der Waals surface area contributed by atoms with Crippen LogP contribution in [0.5, 0.6) is 5.75 Å². The SMILES string of the molecule is CCCCOC1CCC(C(=O)Oc2ccc(/C=C/C(=O)OCC(CCCC)c3cc(N)cc(N)c3)cc2)CC1. The van der Waals surface area contributed by atoms with Gasteiger partial charge in [0.15, 0.2) is 0 Å². The van der Waals surface area contributed by atoms with Crippen molar-refractivity contribution in [3.05, 3.63) is 59.7 Å². The van der Waals surface area contributed by atoms with Gasteiger partial charge in [0.2, 0.25) is 0 Å². The van der Waals surface area contributed by atoms with Gasteiger partial charge in [-0.1, -0.05) is 45.2 Å². The first-order valence-electron chi connectivity index (χ1n) is 14.3. The van der Waals surface area contributed by atoms with Crippen molar-refractivity contribution in [2.45, 2.75) is 83.7 Å². The summed E-state index contributed by atoms with van der Waals surface area (Å²) < 4.78 is 17.1. The molecule has 1 aliphatic carbocycles. The highest BCUT2D eigenvalue weighted by Gasteiger charge is 2.28. The average molecular weight is 537 g/mol. The fraction of sp³-hybridized carbons (Fsp3) is 0.500. The van der Waals surface area contributed by atoms with E-state index in [-0.39, 0.29) is 30.5 Å². The topological polar surface area (TPSA) is 114 Å². The zero-order chi connectivity index (χ0) is 28.0. The van der Waals surface area contributed by atoms with E-state index in [1.54, 1.807) is 24.3 Å². The zero-order valence-electron chi connectivity index (χ0n) is 23.4. The minimum absolute atomic E-state index is 0.0331. The largest absolute Gasteiger partial charge is 0.462 e. The lowest BCUT2D eigenvalue weighted by molar-refractivity contribution is -0.141. The molecule has 0 aliphatic heterocycles. The molecule has 2 aromatic carbocycles. The van der Waals surface area contributed by atoms with Gasteiger partial charge in [-0.25, -0.2) is 4.79 Å². The molecule has 0 saturated heterocycles. The molecule has 0 bridgehead atoms. The molecule has 1 atom stereocenters. The predicted octanol–water partition coefficient (Wildman–Crippen LogP) is 6.66. The van der Waals surface area contributed by atoms with E-state index in [4.69, 9.17) is 25.7 Å². The van der Waals surface area contributed by atoms with Gasteiger partial charge >= 0.3 is 11.9 Å². The number of hydrogen-bond donors (Lipinski definition) is 2. The smallest absolute Gasteiger partial charge is 0.330 e. The number of rotatable bonds is 14. The monoisotopic (exact) mass is 536 g/mol. The van der Waals surface area contributed by atoms with E-state index >= 15 is 0 Å². The highest BCUT2D eigenvalue weighted by atomic mass is 16.5. The maximum Gasteiger partial charge on any atom is 0.330 e. The Morgan fingerprint density at radius 2 is 1.62 bits per heavy atom. The molecular formula is C32H44N2O5. The van der Waals surface area contributed by atoms with Crippen molar-refractivity contribution < 1.29 is 23.8 Å². The van der Waals surface area contributed by atoms with Crippen molar-refractivity contribution in [3.63, 3.8) is 0 Å². The maximum absolute atomic E-state index is 12.6. The number of carbonyl (C=O) groups excluding carboxylic acids is 2. The molecule has 1 saturated carbocycles. The van der Waals surface area contributed by atoms with Crippen LogP contribution in [-0.4, -0.2) is 31.3 Å². The van der Waals surface area contributed by atoms with Crippen LogP contribution < -0.4 is 16.2 Å². The fourth-order valence-electron chi connectivity index (χ4n) is 4.84. The lowest BCUT2D eigenvalue weighted by Crippen LogP contribution is -2.29. The number of benzene rings is 2. The predicted molar refractivity (Wildman–Crippen MR) is 156 cm³/mol. The molecule has 0 radical (unpaired) electrons. The number of esters is 2. The summed E-state index contributed by atoms with van der Waals surface area (Å²) in [5.74, 6) is -0.159. The van der Waals surface area contributed by atoms with Crippen LogP contribution in [0, 0.1) is 5.92 Å². The average Bonchev–Trinajstić information content (AvgIpc) is 2.92. The van der Waals surface area contributed by atoms with Gasteiger partial charge in [-0.05, 0) is 86.1 Å². The number of unbranched alkanes of at least 4 members (excludes halogenated alkanes) is 2. The molecule has 2 aromatic rings. The summed E-state index contributed by atoms with van der Waals surface area (Å²) in [4.78, 5) is 25.0. The van der Waals surface area contributed by atoms with Crippen LogP contribution >= 0.6 is 0 Å². The molecule has 212 valence electrons. The van der Waals surface area contributed by atoms with Crippen molar-refractivity contribution >= 4 is 29.4 Å². The van der Waals surface area contributed by atoms with Crippen LogP contribution in [0.4, 0.5) is 11.4 Å². The van der Waals surface area contributed by atoms with Gasteiger partial charge in [0.1, 0.15) is 5.75 Å². The molecule has 1 aliphatic rings. The normalized spacial score (nSPS) is 18.1. The van der Waals surface area contributed by atoms with Crippen LogP contribution in [0.25, 0.3) is 6.08 Å². The van der Waals surface area contributed by atoms with E-state index in [1.807, 2.05) is 24.3 Å². The summed E-state index contributed by atoms with van der Waals surface area (Å²) >= 11 is 0. The second kappa shape index (κ2) is 15.9. The highest BCUT2D eigenvalue weighted by Crippen LogP contribution is 2.29. The van der Waals surface area contributed by atoms with Gasteiger partial charge in [0, 0.05) is 30.0 Å². The van der Waals surface area contributed by atoms with Gasteiger partial charge < -0.3 is 25.7 Å². The summed E-state index contributed by atoms with van der Waals surface area (Å²) in [5.41, 5.74) is 14.9. The van der Waals surface area contributed by atoms with Crippen molar-refractivity contribution in [3.8, 4) is 5.75 Å². The number of ether oxygens (including phenoxy) is 3. The van der Waals surface area contributed by atoms with Gasteiger partial charge in [-0.15, -0.1) is 0 Å².